The highest BCUT2D eigenvalue weighted by molar-refractivity contribution is 6.30. The molecule has 4 saturated carbocycles. The van der Waals surface area contributed by atoms with Crippen molar-refractivity contribution in [1.29, 1.82) is 0 Å². The molecule has 8 atom stereocenters. The van der Waals surface area contributed by atoms with E-state index >= 15 is 0 Å². The van der Waals surface area contributed by atoms with Crippen LogP contribution in [0.5, 0.6) is 0 Å². The van der Waals surface area contributed by atoms with E-state index in [9.17, 15) is 24.3 Å². The van der Waals surface area contributed by atoms with E-state index in [1.54, 1.807) is 0 Å². The van der Waals surface area contributed by atoms with Crippen molar-refractivity contribution in [2.24, 2.45) is 56.2 Å². The van der Waals surface area contributed by atoms with Gasteiger partial charge in [-0.05, 0) is 126 Å². The van der Waals surface area contributed by atoms with Gasteiger partial charge in [0.1, 0.15) is 6.10 Å². The molecule has 1 aromatic carbocycles. The molecule has 53 heavy (non-hydrogen) atoms. The molecule has 292 valence electrons. The highest BCUT2D eigenvalue weighted by Gasteiger charge is 2.71. The Hall–Kier alpha value is -2.51. The lowest BCUT2D eigenvalue weighted by molar-refractivity contribution is -0.233. The first-order valence-corrected chi connectivity index (χ1v) is 20.7. The van der Waals surface area contributed by atoms with Gasteiger partial charge < -0.3 is 15.2 Å². The third-order valence-electron chi connectivity index (χ3n) is 16.0. The van der Waals surface area contributed by atoms with E-state index in [-0.39, 0.29) is 76.5 Å². The maximum atomic E-state index is 14.5. The zero-order valence-electron chi connectivity index (χ0n) is 33.8. The van der Waals surface area contributed by atoms with Gasteiger partial charge in [0, 0.05) is 23.4 Å². The number of hydrogen-bond donors (Lipinski definition) is 2. The SMILES string of the molecule is CC(C)C1=C2[C@H]3CC[C@@H]4[C@@]5(C)CC[C@H](OC(=O)CC(C)(C)CC(=O)O)C(C)(C)[C@@H]5CC[C@@]4(C)[C@]3(C)CC[C@@]2(C(=O)CNCc2ccc(Cl)cc2)CC1=O. The minimum atomic E-state index is -0.904. The summed E-state index contributed by atoms with van der Waals surface area (Å²) in [6.45, 7) is 20.9. The molecule has 0 bridgehead atoms. The second kappa shape index (κ2) is 13.9. The van der Waals surface area contributed by atoms with Crippen LogP contribution < -0.4 is 5.32 Å². The number of Topliss-reactive ketones (excluding diaryl/α,β-unsaturated/α-hetero) is 2. The van der Waals surface area contributed by atoms with Crippen molar-refractivity contribution in [3.8, 4) is 0 Å². The molecule has 7 nitrogen and oxygen atoms in total. The van der Waals surface area contributed by atoms with Crippen LogP contribution in [0.25, 0.3) is 0 Å². The molecule has 6 rings (SSSR count). The van der Waals surface area contributed by atoms with Crippen LogP contribution in [0, 0.1) is 56.2 Å². The number of carboxylic acid groups (broad SMARTS) is 1. The first kappa shape index (κ1) is 40.2. The molecule has 0 heterocycles. The van der Waals surface area contributed by atoms with E-state index in [2.05, 4.69) is 53.8 Å². The highest BCUT2D eigenvalue weighted by Crippen LogP contribution is 2.76. The summed E-state index contributed by atoms with van der Waals surface area (Å²) in [5, 5.41) is 13.4. The Balaban J connectivity index is 1.24. The summed E-state index contributed by atoms with van der Waals surface area (Å²) >= 11 is 6.09. The second-order valence-corrected chi connectivity index (χ2v) is 20.6. The average Bonchev–Trinajstić information content (AvgIpc) is 3.36. The van der Waals surface area contributed by atoms with Gasteiger partial charge in [-0.3, -0.25) is 19.2 Å². The molecule has 0 aliphatic heterocycles. The standard InChI is InChI=1S/C45H64ClNO6/c1-27(2)38-31(48)22-45(34(49)26-47-25-28-10-12-29(46)13-11-28)21-20-43(8)30(39(38)45)14-15-33-42(7)18-17-35(41(5,6)32(42)16-19-44(33,43)9)53-37(52)24-40(3,4)23-36(50)51/h10-13,27,30,32-33,35,47H,14-26H2,1-9H3,(H,50,51)/t30-,32+,33-,35+,42+,43-,44-,45+/m1/s1. The van der Waals surface area contributed by atoms with E-state index in [4.69, 9.17) is 16.3 Å². The van der Waals surface area contributed by atoms with E-state index in [1.807, 2.05) is 38.1 Å². The molecule has 5 aliphatic rings. The summed E-state index contributed by atoms with van der Waals surface area (Å²) in [6, 6.07) is 7.69. The summed E-state index contributed by atoms with van der Waals surface area (Å²) in [5.41, 5.74) is 1.63. The molecule has 8 heteroatoms. The van der Waals surface area contributed by atoms with Crippen molar-refractivity contribution < 1.29 is 29.0 Å². The van der Waals surface area contributed by atoms with Gasteiger partial charge in [0.15, 0.2) is 11.6 Å². The number of rotatable bonds is 11. The van der Waals surface area contributed by atoms with Gasteiger partial charge in [-0.2, -0.15) is 0 Å². The van der Waals surface area contributed by atoms with Crippen LogP contribution in [0.2, 0.25) is 5.02 Å². The maximum Gasteiger partial charge on any atom is 0.306 e. The number of ketones is 2. The lowest BCUT2D eigenvalue weighted by atomic mass is 9.33. The summed E-state index contributed by atoms with van der Waals surface area (Å²) < 4.78 is 6.26. The van der Waals surface area contributed by atoms with Crippen LogP contribution in [-0.2, 0) is 30.5 Å². The molecule has 0 radical (unpaired) electrons. The topological polar surface area (TPSA) is 110 Å². The molecule has 0 saturated heterocycles. The smallest absolute Gasteiger partial charge is 0.306 e. The number of carbonyl (C=O) groups excluding carboxylic acids is 3. The van der Waals surface area contributed by atoms with E-state index in [1.165, 1.54) is 5.57 Å². The molecule has 0 aromatic heterocycles. The van der Waals surface area contributed by atoms with Gasteiger partial charge in [0.05, 0.1) is 24.8 Å². The predicted octanol–water partition coefficient (Wildman–Crippen LogP) is 9.78. The zero-order valence-corrected chi connectivity index (χ0v) is 34.5. The molecule has 0 unspecified atom stereocenters. The van der Waals surface area contributed by atoms with Crippen LogP contribution in [0.4, 0.5) is 0 Å². The molecule has 0 spiro atoms. The van der Waals surface area contributed by atoms with Gasteiger partial charge in [0.25, 0.3) is 0 Å². The lowest BCUT2D eigenvalue weighted by Crippen LogP contribution is -2.66. The molecule has 2 N–H and O–H groups in total. The molecule has 5 aliphatic carbocycles. The number of fused-ring (bicyclic) bond motifs is 7. The van der Waals surface area contributed by atoms with Gasteiger partial charge in [-0.1, -0.05) is 86.0 Å². The zero-order chi connectivity index (χ0) is 38.9. The first-order chi connectivity index (χ1) is 24.6. The molecular formula is C45H64ClNO6. The Morgan fingerprint density at radius 2 is 1.58 bits per heavy atom. The number of benzene rings is 1. The number of ether oxygens (including phenoxy) is 1. The average molecular weight is 750 g/mol. The summed E-state index contributed by atoms with van der Waals surface area (Å²) in [5.74, 6) is 0.258. The van der Waals surface area contributed by atoms with Crippen LogP contribution in [0.1, 0.15) is 139 Å². The van der Waals surface area contributed by atoms with Crippen molar-refractivity contribution in [2.45, 2.75) is 146 Å². The van der Waals surface area contributed by atoms with Gasteiger partial charge in [-0.25, -0.2) is 0 Å². The number of nitrogens with one attached hydrogen (secondary N) is 1. The van der Waals surface area contributed by atoms with Crippen LogP contribution in [-0.4, -0.2) is 41.3 Å². The van der Waals surface area contributed by atoms with Crippen LogP contribution in [0.15, 0.2) is 35.4 Å². The second-order valence-electron chi connectivity index (χ2n) is 20.2. The highest BCUT2D eigenvalue weighted by atomic mass is 35.5. The predicted molar refractivity (Wildman–Crippen MR) is 208 cm³/mol. The molecule has 4 fully saturated rings. The van der Waals surface area contributed by atoms with E-state index in [0.717, 1.165) is 62.5 Å². The first-order valence-electron chi connectivity index (χ1n) is 20.3. The van der Waals surface area contributed by atoms with Crippen molar-refractivity contribution in [3.63, 3.8) is 0 Å². The minimum Gasteiger partial charge on any atom is -0.481 e. The minimum absolute atomic E-state index is 0.0321. The number of carboxylic acids is 1. The third-order valence-corrected chi connectivity index (χ3v) is 16.2. The Labute approximate surface area is 322 Å². The number of allylic oxidation sites excluding steroid dienone is 2. The third kappa shape index (κ3) is 6.66. The van der Waals surface area contributed by atoms with Gasteiger partial charge in [-0.15, -0.1) is 0 Å². The van der Waals surface area contributed by atoms with Crippen LogP contribution in [0.3, 0.4) is 0 Å². The number of esters is 1. The van der Waals surface area contributed by atoms with Gasteiger partial charge >= 0.3 is 11.9 Å². The lowest BCUT2D eigenvalue weighted by Gasteiger charge is -2.72. The number of carbonyl (C=O) groups is 4. The number of hydrogen-bond acceptors (Lipinski definition) is 6. The summed E-state index contributed by atoms with van der Waals surface area (Å²) in [7, 11) is 0. The number of aliphatic carboxylic acids is 1. The van der Waals surface area contributed by atoms with Crippen molar-refractivity contribution in [1.82, 2.24) is 5.32 Å². The van der Waals surface area contributed by atoms with Crippen LogP contribution >= 0.6 is 11.6 Å². The van der Waals surface area contributed by atoms with Crippen molar-refractivity contribution in [3.05, 3.63) is 46.0 Å². The fourth-order valence-corrected chi connectivity index (χ4v) is 13.4. The summed E-state index contributed by atoms with van der Waals surface area (Å²) in [4.78, 5) is 53.1. The molecule has 0 amide bonds. The Kier molecular flexibility index (Phi) is 10.5. The Morgan fingerprint density at radius 3 is 2.23 bits per heavy atom. The van der Waals surface area contributed by atoms with Crippen molar-refractivity contribution in [2.75, 3.05) is 6.54 Å². The Morgan fingerprint density at radius 1 is 0.906 bits per heavy atom. The van der Waals surface area contributed by atoms with E-state index in [0.29, 0.717) is 29.8 Å². The van der Waals surface area contributed by atoms with E-state index < -0.39 is 16.8 Å². The molecule has 1 aromatic rings. The fraction of sp³-hybridized carbons (Fsp3) is 0.733. The quantitative estimate of drug-likeness (QED) is 0.217. The maximum absolute atomic E-state index is 14.5. The normalized spacial score (nSPS) is 36.3. The monoisotopic (exact) mass is 749 g/mol. The fourth-order valence-electron chi connectivity index (χ4n) is 13.3. The summed E-state index contributed by atoms with van der Waals surface area (Å²) in [6.07, 6.45) is 7.74. The largest absolute Gasteiger partial charge is 0.481 e. The molecular weight excluding hydrogens is 686 g/mol. The number of halogens is 1. The van der Waals surface area contributed by atoms with Crippen molar-refractivity contribution >= 4 is 35.1 Å². The van der Waals surface area contributed by atoms with Gasteiger partial charge in [0.2, 0.25) is 0 Å². The Bertz CT molecular complexity index is 1680.